The maximum atomic E-state index is 13.0. The molecule has 0 saturated heterocycles. The molecule has 6 nitrogen and oxygen atoms in total. The second-order valence-corrected chi connectivity index (χ2v) is 11.3. The van der Waals surface area contributed by atoms with Crippen LogP contribution in [-0.2, 0) is 4.79 Å². The molecule has 5 aromatic rings. The fourth-order valence-corrected chi connectivity index (χ4v) is 5.85. The Morgan fingerprint density at radius 2 is 1.86 bits per heavy atom. The molecule has 1 N–H and O–H groups in total. The highest BCUT2D eigenvalue weighted by molar-refractivity contribution is 8.00. The van der Waals surface area contributed by atoms with Crippen molar-refractivity contribution in [2.75, 3.05) is 5.32 Å². The van der Waals surface area contributed by atoms with Gasteiger partial charge in [-0.2, -0.15) is 0 Å². The average molecular weight is 559 g/mol. The quantitative estimate of drug-likeness (QED) is 0.209. The molecule has 0 aliphatic carbocycles. The van der Waals surface area contributed by atoms with Crippen molar-refractivity contribution >= 4 is 68.7 Å². The number of hydrogen-bond donors (Lipinski definition) is 1. The number of rotatable bonds is 7. The summed E-state index contributed by atoms with van der Waals surface area (Å²) in [5, 5.41) is 17.2. The molecular formula is C24H17Cl2N5OS3. The molecule has 0 radical (unpaired) electrons. The summed E-state index contributed by atoms with van der Waals surface area (Å²) in [5.74, 6) is 0.567. The van der Waals surface area contributed by atoms with E-state index < -0.39 is 5.25 Å². The van der Waals surface area contributed by atoms with Crippen LogP contribution in [-0.4, -0.2) is 30.9 Å². The largest absolute Gasteiger partial charge is 0.301 e. The number of benzene rings is 2. The smallest absolute Gasteiger partial charge is 0.239 e. The lowest BCUT2D eigenvalue weighted by molar-refractivity contribution is -0.115. The molecule has 2 aromatic carbocycles. The lowest BCUT2D eigenvalue weighted by Crippen LogP contribution is -2.22. The topological polar surface area (TPSA) is 72.7 Å². The van der Waals surface area contributed by atoms with Gasteiger partial charge in [0.15, 0.2) is 16.1 Å². The first-order valence-electron chi connectivity index (χ1n) is 10.4. The van der Waals surface area contributed by atoms with Crippen LogP contribution >= 0.6 is 57.6 Å². The number of nitrogens with zero attached hydrogens (tertiary/aromatic N) is 4. The van der Waals surface area contributed by atoms with Crippen molar-refractivity contribution < 1.29 is 4.79 Å². The fraction of sp³-hybridized carbons (Fsp3) is 0.0833. The van der Waals surface area contributed by atoms with Crippen molar-refractivity contribution in [1.29, 1.82) is 0 Å². The first kappa shape index (κ1) is 24.0. The predicted molar refractivity (Wildman–Crippen MR) is 146 cm³/mol. The number of thioether (sulfide) groups is 1. The van der Waals surface area contributed by atoms with Crippen LogP contribution in [0, 0.1) is 0 Å². The molecule has 0 unspecified atom stereocenters. The highest BCUT2D eigenvalue weighted by Gasteiger charge is 2.23. The van der Waals surface area contributed by atoms with Crippen LogP contribution in [0.2, 0.25) is 10.0 Å². The first-order valence-corrected chi connectivity index (χ1v) is 13.8. The van der Waals surface area contributed by atoms with Crippen LogP contribution in [0.3, 0.4) is 0 Å². The summed E-state index contributed by atoms with van der Waals surface area (Å²) in [7, 11) is 0. The van der Waals surface area contributed by atoms with Crippen LogP contribution in [0.25, 0.3) is 27.6 Å². The van der Waals surface area contributed by atoms with E-state index in [0.717, 1.165) is 22.0 Å². The number of anilines is 1. The Labute approximate surface area is 224 Å². The Morgan fingerprint density at radius 1 is 1.03 bits per heavy atom. The molecule has 176 valence electrons. The normalized spacial score (nSPS) is 12.0. The Balaban J connectivity index is 1.34. The molecule has 5 rings (SSSR count). The molecule has 0 spiro atoms. The zero-order chi connectivity index (χ0) is 24.4. The van der Waals surface area contributed by atoms with Gasteiger partial charge in [0, 0.05) is 16.6 Å². The summed E-state index contributed by atoms with van der Waals surface area (Å²) in [6.45, 7) is 1.84. The maximum absolute atomic E-state index is 13.0. The van der Waals surface area contributed by atoms with E-state index in [1.54, 1.807) is 23.5 Å². The zero-order valence-electron chi connectivity index (χ0n) is 18.2. The summed E-state index contributed by atoms with van der Waals surface area (Å²) in [5.41, 5.74) is 2.48. The average Bonchev–Trinajstić information content (AvgIpc) is 3.62. The van der Waals surface area contributed by atoms with E-state index in [0.29, 0.717) is 26.0 Å². The second kappa shape index (κ2) is 10.5. The Kier molecular flexibility index (Phi) is 7.22. The molecule has 3 heterocycles. The number of aromatic nitrogens is 4. The van der Waals surface area contributed by atoms with E-state index in [1.165, 1.54) is 23.1 Å². The Bertz CT molecular complexity index is 1470. The van der Waals surface area contributed by atoms with Crippen LogP contribution in [0.5, 0.6) is 0 Å². The zero-order valence-corrected chi connectivity index (χ0v) is 22.1. The van der Waals surface area contributed by atoms with Crippen molar-refractivity contribution in [3.8, 4) is 27.6 Å². The first-order chi connectivity index (χ1) is 17.0. The monoisotopic (exact) mass is 557 g/mol. The molecule has 0 fully saturated rings. The third-order valence-corrected chi connectivity index (χ3v) is 8.40. The molecule has 0 saturated carbocycles. The van der Waals surface area contributed by atoms with Gasteiger partial charge in [0.2, 0.25) is 5.91 Å². The third-order valence-electron chi connectivity index (χ3n) is 4.99. The summed E-state index contributed by atoms with van der Waals surface area (Å²) in [6.07, 6.45) is 0. The van der Waals surface area contributed by atoms with Gasteiger partial charge in [0.1, 0.15) is 0 Å². The predicted octanol–water partition coefficient (Wildman–Crippen LogP) is 7.55. The number of carbonyl (C=O) groups excluding carboxylic acids is 1. The molecule has 0 aliphatic heterocycles. The number of halogens is 2. The van der Waals surface area contributed by atoms with Gasteiger partial charge in [-0.05, 0) is 42.6 Å². The van der Waals surface area contributed by atoms with Crippen LogP contribution in [0.1, 0.15) is 6.92 Å². The van der Waals surface area contributed by atoms with E-state index in [9.17, 15) is 4.79 Å². The van der Waals surface area contributed by atoms with Gasteiger partial charge in [-0.3, -0.25) is 9.36 Å². The second-order valence-electron chi connectivity index (χ2n) is 7.37. The standard InChI is InChI=1S/C24H17Cl2N5OS3/c1-14(22(32)28-23-27-19(13-34-23)15-9-10-17(25)18(26)12-15)35-24-30-29-21(20-8-5-11-33-20)31(24)16-6-3-2-4-7-16/h2-14H,1H3,(H,27,28,32)/t14-/m0/s1. The van der Waals surface area contributed by atoms with E-state index in [1.807, 2.05) is 70.8 Å². The molecule has 3 aromatic heterocycles. The minimum atomic E-state index is -0.435. The van der Waals surface area contributed by atoms with Gasteiger partial charge in [0.25, 0.3) is 0 Å². The van der Waals surface area contributed by atoms with Crippen LogP contribution in [0.15, 0.2) is 76.6 Å². The number of para-hydroxylation sites is 1. The van der Waals surface area contributed by atoms with Crippen molar-refractivity contribution in [2.24, 2.45) is 0 Å². The minimum absolute atomic E-state index is 0.176. The van der Waals surface area contributed by atoms with Gasteiger partial charge in [0.05, 0.1) is 25.9 Å². The van der Waals surface area contributed by atoms with Crippen molar-refractivity contribution in [3.05, 3.63) is 81.5 Å². The highest BCUT2D eigenvalue weighted by Crippen LogP contribution is 2.33. The van der Waals surface area contributed by atoms with Gasteiger partial charge in [-0.25, -0.2) is 4.98 Å². The van der Waals surface area contributed by atoms with Gasteiger partial charge in [-0.1, -0.05) is 65.3 Å². The number of thiophene rings is 1. The number of thiazole rings is 1. The third kappa shape index (κ3) is 5.29. The number of carbonyl (C=O) groups is 1. The Hall–Kier alpha value is -2.69. The summed E-state index contributed by atoms with van der Waals surface area (Å²) in [4.78, 5) is 18.5. The fourth-order valence-electron chi connectivity index (χ4n) is 3.26. The van der Waals surface area contributed by atoms with E-state index >= 15 is 0 Å². The van der Waals surface area contributed by atoms with E-state index in [2.05, 4.69) is 20.5 Å². The number of amides is 1. The number of nitrogens with one attached hydrogen (secondary N) is 1. The number of hydrogen-bond acceptors (Lipinski definition) is 7. The van der Waals surface area contributed by atoms with Gasteiger partial charge >= 0.3 is 0 Å². The summed E-state index contributed by atoms with van der Waals surface area (Å²) < 4.78 is 1.98. The minimum Gasteiger partial charge on any atom is -0.301 e. The molecule has 0 bridgehead atoms. The molecule has 1 atom stereocenters. The van der Waals surface area contributed by atoms with Crippen molar-refractivity contribution in [3.63, 3.8) is 0 Å². The lowest BCUT2D eigenvalue weighted by atomic mass is 10.2. The van der Waals surface area contributed by atoms with E-state index in [-0.39, 0.29) is 5.91 Å². The maximum Gasteiger partial charge on any atom is 0.239 e. The molecular weight excluding hydrogens is 541 g/mol. The Morgan fingerprint density at radius 3 is 2.60 bits per heavy atom. The molecule has 1 amide bonds. The van der Waals surface area contributed by atoms with Crippen LogP contribution < -0.4 is 5.32 Å². The molecule has 11 heteroatoms. The van der Waals surface area contributed by atoms with Gasteiger partial charge < -0.3 is 5.32 Å². The van der Waals surface area contributed by atoms with Crippen molar-refractivity contribution in [1.82, 2.24) is 19.7 Å². The van der Waals surface area contributed by atoms with Gasteiger partial charge in [-0.15, -0.1) is 32.9 Å². The lowest BCUT2D eigenvalue weighted by Gasteiger charge is -2.12. The molecule has 0 aliphatic rings. The summed E-state index contributed by atoms with van der Waals surface area (Å²) in [6, 6.07) is 19.2. The highest BCUT2D eigenvalue weighted by atomic mass is 35.5. The SMILES string of the molecule is C[C@H](Sc1nnc(-c2cccs2)n1-c1ccccc1)C(=O)Nc1nc(-c2ccc(Cl)c(Cl)c2)cs1. The van der Waals surface area contributed by atoms with Crippen molar-refractivity contribution in [2.45, 2.75) is 17.3 Å². The van der Waals surface area contributed by atoms with E-state index in [4.69, 9.17) is 23.2 Å². The van der Waals surface area contributed by atoms with Crippen LogP contribution in [0.4, 0.5) is 5.13 Å². The molecule has 35 heavy (non-hydrogen) atoms. The summed E-state index contributed by atoms with van der Waals surface area (Å²) >= 11 is 16.4.